The number of fused-ring (bicyclic) bond motifs is 1. The smallest absolute Gasteiger partial charge is 0.318 e. The number of hydrogen-bond acceptors (Lipinski definition) is 4. The van der Waals surface area contributed by atoms with Crippen molar-refractivity contribution in [1.29, 1.82) is 0 Å². The number of aromatic amines is 1. The third kappa shape index (κ3) is 4.71. The molecule has 0 saturated heterocycles. The van der Waals surface area contributed by atoms with Crippen molar-refractivity contribution in [3.8, 4) is 0 Å². The highest BCUT2D eigenvalue weighted by atomic mass is 79.9. The maximum Gasteiger partial charge on any atom is 0.318 e. The van der Waals surface area contributed by atoms with Crippen LogP contribution in [0.5, 0.6) is 0 Å². The van der Waals surface area contributed by atoms with Gasteiger partial charge in [0.25, 0.3) is 10.0 Å². The molecule has 0 atom stereocenters. The monoisotopic (exact) mass is 502 g/mol. The number of carbonyl (C=O) groups is 1. The van der Waals surface area contributed by atoms with Crippen LogP contribution in [0.25, 0.3) is 10.9 Å². The van der Waals surface area contributed by atoms with Crippen LogP contribution in [-0.2, 0) is 14.8 Å². The molecule has 0 bridgehead atoms. The Balaban J connectivity index is 0.000000200. The molecule has 0 amide bonds. The highest BCUT2D eigenvalue weighted by Gasteiger charge is 2.22. The van der Waals surface area contributed by atoms with Crippen molar-refractivity contribution in [2.24, 2.45) is 0 Å². The number of hydrogen-bond donors (Lipinski definition) is 3. The Morgan fingerprint density at radius 1 is 1.18 bits per heavy atom. The molecule has 152 valence electrons. The largest absolute Gasteiger partial charge is 0.480 e. The predicted molar refractivity (Wildman–Crippen MR) is 97.7 cm³/mol. The number of carboxylic acid groups (broad SMARTS) is 1. The van der Waals surface area contributed by atoms with Gasteiger partial charge in [-0.25, -0.2) is 26.0 Å². The Morgan fingerprint density at radius 3 is 2.32 bits per heavy atom. The zero-order valence-electron chi connectivity index (χ0n) is 13.8. The second kappa shape index (κ2) is 8.59. The van der Waals surface area contributed by atoms with E-state index in [9.17, 15) is 30.8 Å². The minimum absolute atomic E-state index is 0.0885. The van der Waals surface area contributed by atoms with E-state index in [1.54, 1.807) is 6.07 Å². The van der Waals surface area contributed by atoms with Gasteiger partial charge in [0.05, 0.1) is 9.30 Å². The number of carboxylic acids is 1. The van der Waals surface area contributed by atoms with E-state index in [2.05, 4.69) is 20.9 Å². The molecule has 0 aliphatic carbocycles. The number of aliphatic carboxylic acids is 1. The molecule has 6 nitrogen and oxygen atoms in total. The van der Waals surface area contributed by atoms with Gasteiger partial charge in [-0.05, 0) is 40.5 Å². The molecule has 0 fully saturated rings. The standard InChI is InChI=1S/C9H5F4N.C6H6BrNO4S2/c1-3-2-14-9-4(3)5(10)6(11)7(12)8(9)13;7-4-1-2-6(13-4)14(11,12)8-3-5(9)10/h2,14H,1H3;1-2,8H,3H2,(H,9,10). The molecule has 28 heavy (non-hydrogen) atoms. The average Bonchev–Trinajstić information content (AvgIpc) is 3.23. The Morgan fingerprint density at radius 2 is 1.79 bits per heavy atom. The second-order valence-corrected chi connectivity index (χ2v) is 9.71. The fraction of sp³-hybridized carbons (Fsp3) is 0.133. The molecule has 2 aromatic heterocycles. The number of rotatable bonds is 4. The van der Waals surface area contributed by atoms with E-state index in [4.69, 9.17) is 5.11 Å². The van der Waals surface area contributed by atoms with Gasteiger partial charge in [-0.1, -0.05) is 0 Å². The number of aryl methyl sites for hydroxylation is 1. The molecule has 3 aromatic rings. The normalized spacial score (nSPS) is 11.4. The number of benzene rings is 1. The number of halogens is 5. The Labute approximate surface area is 168 Å². The SMILES string of the molecule is Cc1c[nH]c2c(F)c(F)c(F)c(F)c12.O=C(O)CNS(=O)(=O)c1ccc(Br)s1. The van der Waals surface area contributed by atoms with E-state index in [0.717, 1.165) is 11.3 Å². The number of aromatic nitrogens is 1. The van der Waals surface area contributed by atoms with Crippen molar-refractivity contribution in [2.45, 2.75) is 11.1 Å². The van der Waals surface area contributed by atoms with Gasteiger partial charge in [0.1, 0.15) is 10.8 Å². The highest BCUT2D eigenvalue weighted by molar-refractivity contribution is 9.11. The van der Waals surface area contributed by atoms with Gasteiger partial charge in [-0.3, -0.25) is 4.79 Å². The predicted octanol–water partition coefficient (Wildman–Crippen LogP) is 3.91. The summed E-state index contributed by atoms with van der Waals surface area (Å²) in [5.41, 5.74) is -0.0193. The van der Waals surface area contributed by atoms with Gasteiger partial charge in [-0.2, -0.15) is 4.72 Å². The number of nitrogens with one attached hydrogen (secondary N) is 2. The first-order valence-electron chi connectivity index (χ1n) is 7.22. The minimum Gasteiger partial charge on any atom is -0.480 e. The Hall–Kier alpha value is -1.96. The van der Waals surface area contributed by atoms with E-state index in [1.807, 2.05) is 4.72 Å². The molecule has 3 N–H and O–H groups in total. The fourth-order valence-electron chi connectivity index (χ4n) is 2.06. The minimum atomic E-state index is -3.68. The zero-order chi connectivity index (χ0) is 21.2. The van der Waals surface area contributed by atoms with Crippen molar-refractivity contribution >= 4 is 54.2 Å². The van der Waals surface area contributed by atoms with Crippen LogP contribution in [0, 0.1) is 30.2 Å². The van der Waals surface area contributed by atoms with Crippen molar-refractivity contribution in [1.82, 2.24) is 9.71 Å². The molecule has 0 aliphatic rings. The highest BCUT2D eigenvalue weighted by Crippen LogP contribution is 2.28. The van der Waals surface area contributed by atoms with Crippen molar-refractivity contribution in [3.05, 3.63) is 50.9 Å². The molecule has 0 saturated carbocycles. The summed E-state index contributed by atoms with van der Waals surface area (Å²) < 4.78 is 77.1. The molecular weight excluding hydrogens is 492 g/mol. The van der Waals surface area contributed by atoms with Crippen molar-refractivity contribution in [2.75, 3.05) is 6.54 Å². The molecule has 13 heteroatoms. The molecule has 2 heterocycles. The molecule has 0 radical (unpaired) electrons. The number of sulfonamides is 1. The van der Waals surface area contributed by atoms with Gasteiger partial charge < -0.3 is 10.1 Å². The molecule has 0 aliphatic heterocycles. The lowest BCUT2D eigenvalue weighted by molar-refractivity contribution is -0.135. The molecular formula is C15H11BrF4N2O4S2. The quantitative estimate of drug-likeness (QED) is 0.286. The van der Waals surface area contributed by atoms with E-state index < -0.39 is 45.8 Å². The third-order valence-corrected chi connectivity index (χ3v) is 6.84. The van der Waals surface area contributed by atoms with Crippen LogP contribution in [0.15, 0.2) is 26.3 Å². The number of thiophene rings is 1. The Kier molecular flexibility index (Phi) is 6.85. The van der Waals surface area contributed by atoms with Gasteiger partial charge in [0.15, 0.2) is 23.3 Å². The second-order valence-electron chi connectivity index (χ2n) is 5.25. The lowest BCUT2D eigenvalue weighted by Gasteiger charge is -2.00. The summed E-state index contributed by atoms with van der Waals surface area (Å²) >= 11 is 4.13. The molecule has 3 rings (SSSR count). The maximum absolute atomic E-state index is 13.1. The summed E-state index contributed by atoms with van der Waals surface area (Å²) in [5, 5.41) is 8.05. The summed E-state index contributed by atoms with van der Waals surface area (Å²) in [6, 6.07) is 2.99. The van der Waals surface area contributed by atoms with E-state index in [0.29, 0.717) is 9.35 Å². The van der Waals surface area contributed by atoms with Crippen LogP contribution in [-0.4, -0.2) is 31.0 Å². The topological polar surface area (TPSA) is 99.3 Å². The van der Waals surface area contributed by atoms with Crippen LogP contribution in [0.1, 0.15) is 5.56 Å². The van der Waals surface area contributed by atoms with Gasteiger partial charge in [0.2, 0.25) is 0 Å². The summed E-state index contributed by atoms with van der Waals surface area (Å²) in [6.07, 6.45) is 1.29. The third-order valence-electron chi connectivity index (χ3n) is 3.32. The van der Waals surface area contributed by atoms with Gasteiger partial charge >= 0.3 is 5.97 Å². The number of H-pyrrole nitrogens is 1. The van der Waals surface area contributed by atoms with Crippen LogP contribution < -0.4 is 4.72 Å². The summed E-state index contributed by atoms with van der Waals surface area (Å²) in [6.45, 7) is 0.858. The van der Waals surface area contributed by atoms with E-state index in [1.165, 1.54) is 19.2 Å². The maximum atomic E-state index is 13.1. The van der Waals surface area contributed by atoms with Crippen LogP contribution >= 0.6 is 27.3 Å². The first-order chi connectivity index (χ1) is 13.0. The molecule has 1 aromatic carbocycles. The average molecular weight is 503 g/mol. The van der Waals surface area contributed by atoms with Crippen molar-refractivity contribution in [3.63, 3.8) is 0 Å². The van der Waals surface area contributed by atoms with Crippen LogP contribution in [0.4, 0.5) is 17.6 Å². The van der Waals surface area contributed by atoms with Crippen molar-refractivity contribution < 1.29 is 35.9 Å². The van der Waals surface area contributed by atoms with E-state index >= 15 is 0 Å². The first kappa shape index (κ1) is 22.3. The molecule has 0 spiro atoms. The lowest BCUT2D eigenvalue weighted by atomic mass is 10.1. The Bertz CT molecular complexity index is 1140. The molecule has 0 unspecified atom stereocenters. The summed E-state index contributed by atoms with van der Waals surface area (Å²) in [7, 11) is -3.68. The fourth-order valence-corrected chi connectivity index (χ4v) is 5.09. The zero-order valence-corrected chi connectivity index (χ0v) is 17.0. The summed E-state index contributed by atoms with van der Waals surface area (Å²) in [5.74, 6) is -7.55. The van der Waals surface area contributed by atoms with E-state index in [-0.39, 0.29) is 15.1 Å². The van der Waals surface area contributed by atoms with Gasteiger partial charge in [0, 0.05) is 11.6 Å². The summed E-state index contributed by atoms with van der Waals surface area (Å²) in [4.78, 5) is 12.5. The van der Waals surface area contributed by atoms with Gasteiger partial charge in [-0.15, -0.1) is 11.3 Å². The van der Waals surface area contributed by atoms with Crippen LogP contribution in [0.2, 0.25) is 0 Å². The van der Waals surface area contributed by atoms with Crippen LogP contribution in [0.3, 0.4) is 0 Å². The first-order valence-corrected chi connectivity index (χ1v) is 10.3. The lowest BCUT2D eigenvalue weighted by Crippen LogP contribution is -2.28.